The second-order valence-electron chi connectivity index (χ2n) is 10.1. The SMILES string of the molecule is CC(C)Cc1ncnc2nc(Cn3cccc(NC(=O)C(CCC=CC(=O)N(C)C)OC(=O)N(C)C)c3=O)[nH]c12. The van der Waals surface area contributed by atoms with E-state index in [1.807, 2.05) is 0 Å². The molecular formula is C27H36N8O5. The number of ether oxygens (including phenoxy) is 1. The quantitative estimate of drug-likeness (QED) is 0.343. The van der Waals surface area contributed by atoms with Gasteiger partial charge in [0.25, 0.3) is 11.5 Å². The van der Waals surface area contributed by atoms with Crippen molar-refractivity contribution < 1.29 is 19.1 Å². The molecule has 0 aliphatic heterocycles. The van der Waals surface area contributed by atoms with Crippen LogP contribution in [0.4, 0.5) is 10.5 Å². The Balaban J connectivity index is 1.77. The zero-order valence-electron chi connectivity index (χ0n) is 23.7. The molecular weight excluding hydrogens is 516 g/mol. The molecule has 0 bridgehead atoms. The number of nitrogens with one attached hydrogen (secondary N) is 2. The van der Waals surface area contributed by atoms with Gasteiger partial charge in [0.2, 0.25) is 5.91 Å². The first-order valence-corrected chi connectivity index (χ1v) is 12.9. The van der Waals surface area contributed by atoms with E-state index in [-0.39, 0.29) is 24.6 Å². The minimum atomic E-state index is -1.18. The molecule has 0 radical (unpaired) electrons. The molecule has 13 nitrogen and oxygen atoms in total. The maximum Gasteiger partial charge on any atom is 0.410 e. The Morgan fingerprint density at radius 2 is 1.90 bits per heavy atom. The Morgan fingerprint density at radius 3 is 2.58 bits per heavy atom. The zero-order valence-corrected chi connectivity index (χ0v) is 23.7. The van der Waals surface area contributed by atoms with Gasteiger partial charge in [0, 0.05) is 34.4 Å². The van der Waals surface area contributed by atoms with E-state index < -0.39 is 23.7 Å². The van der Waals surface area contributed by atoms with Crippen LogP contribution in [-0.4, -0.2) is 86.5 Å². The van der Waals surface area contributed by atoms with Crippen LogP contribution in [0.15, 0.2) is 41.6 Å². The van der Waals surface area contributed by atoms with Crippen LogP contribution in [0, 0.1) is 5.92 Å². The molecule has 3 heterocycles. The molecule has 1 unspecified atom stereocenters. The van der Waals surface area contributed by atoms with Gasteiger partial charge in [-0.05, 0) is 43.4 Å². The second kappa shape index (κ2) is 13.5. The summed E-state index contributed by atoms with van der Waals surface area (Å²) in [5.74, 6) is 0.0477. The van der Waals surface area contributed by atoms with Crippen LogP contribution in [0.1, 0.15) is 38.2 Å². The van der Waals surface area contributed by atoms with Crippen molar-refractivity contribution in [3.8, 4) is 0 Å². The first-order chi connectivity index (χ1) is 19.0. The molecule has 0 aliphatic carbocycles. The lowest BCUT2D eigenvalue weighted by Crippen LogP contribution is -2.37. The van der Waals surface area contributed by atoms with Crippen molar-refractivity contribution >= 4 is 34.8 Å². The van der Waals surface area contributed by atoms with E-state index in [9.17, 15) is 19.2 Å². The maximum atomic E-state index is 13.2. The predicted octanol–water partition coefficient (Wildman–Crippen LogP) is 2.19. The largest absolute Gasteiger partial charge is 0.436 e. The fourth-order valence-corrected chi connectivity index (χ4v) is 3.72. The average Bonchev–Trinajstić information content (AvgIpc) is 3.31. The van der Waals surface area contributed by atoms with E-state index in [2.05, 4.69) is 39.1 Å². The molecule has 13 heteroatoms. The lowest BCUT2D eigenvalue weighted by atomic mass is 10.1. The van der Waals surface area contributed by atoms with Gasteiger partial charge in [-0.2, -0.15) is 0 Å². The van der Waals surface area contributed by atoms with Crippen molar-refractivity contribution in [2.45, 2.75) is 45.8 Å². The monoisotopic (exact) mass is 552 g/mol. The molecule has 0 aliphatic rings. The number of likely N-dealkylation sites (N-methyl/N-ethyl adjacent to an activating group) is 1. The van der Waals surface area contributed by atoms with Gasteiger partial charge in [0.15, 0.2) is 11.8 Å². The van der Waals surface area contributed by atoms with Crippen LogP contribution in [0.3, 0.4) is 0 Å². The summed E-state index contributed by atoms with van der Waals surface area (Å²) in [6, 6.07) is 3.10. The van der Waals surface area contributed by atoms with Crippen LogP contribution in [0.2, 0.25) is 0 Å². The van der Waals surface area contributed by atoms with Crippen LogP contribution in [0.5, 0.6) is 0 Å². The van der Waals surface area contributed by atoms with Gasteiger partial charge < -0.3 is 29.4 Å². The van der Waals surface area contributed by atoms with Crippen LogP contribution in [0.25, 0.3) is 11.2 Å². The third kappa shape index (κ3) is 7.98. The summed E-state index contributed by atoms with van der Waals surface area (Å²) < 4.78 is 6.75. The Kier molecular flexibility index (Phi) is 10.1. The predicted molar refractivity (Wildman–Crippen MR) is 150 cm³/mol. The fraction of sp³-hybridized carbons (Fsp3) is 0.444. The summed E-state index contributed by atoms with van der Waals surface area (Å²) in [5, 5.41) is 2.59. The third-order valence-corrected chi connectivity index (χ3v) is 5.81. The van der Waals surface area contributed by atoms with Crippen molar-refractivity contribution in [1.29, 1.82) is 0 Å². The number of H-pyrrole nitrogens is 1. The van der Waals surface area contributed by atoms with E-state index in [1.54, 1.807) is 32.4 Å². The summed E-state index contributed by atoms with van der Waals surface area (Å²) >= 11 is 0. The Morgan fingerprint density at radius 1 is 1.15 bits per heavy atom. The van der Waals surface area contributed by atoms with Crippen molar-refractivity contribution in [2.75, 3.05) is 33.5 Å². The first-order valence-electron chi connectivity index (χ1n) is 12.9. The molecule has 0 aromatic carbocycles. The number of nitrogens with zero attached hydrogens (tertiary/aromatic N) is 6. The summed E-state index contributed by atoms with van der Waals surface area (Å²) in [6.07, 6.45) is 5.32. The van der Waals surface area contributed by atoms with E-state index in [0.29, 0.717) is 23.8 Å². The Labute approximate surface area is 232 Å². The van der Waals surface area contributed by atoms with Gasteiger partial charge in [0.05, 0.1) is 12.2 Å². The van der Waals surface area contributed by atoms with Crippen LogP contribution in [-0.2, 0) is 27.3 Å². The summed E-state index contributed by atoms with van der Waals surface area (Å²) in [6.45, 7) is 4.31. The highest BCUT2D eigenvalue weighted by Crippen LogP contribution is 2.16. The summed E-state index contributed by atoms with van der Waals surface area (Å²) in [5.41, 5.74) is 1.67. The molecule has 0 fully saturated rings. The van der Waals surface area contributed by atoms with E-state index in [4.69, 9.17) is 4.74 Å². The van der Waals surface area contributed by atoms with E-state index >= 15 is 0 Å². The number of anilines is 1. The molecule has 1 atom stereocenters. The Hall–Kier alpha value is -4.55. The summed E-state index contributed by atoms with van der Waals surface area (Å²) in [4.78, 5) is 69.1. The number of aromatic amines is 1. The highest BCUT2D eigenvalue weighted by atomic mass is 16.6. The van der Waals surface area contributed by atoms with Crippen molar-refractivity contribution in [2.24, 2.45) is 5.92 Å². The second-order valence-corrected chi connectivity index (χ2v) is 10.1. The minimum Gasteiger partial charge on any atom is -0.436 e. The van der Waals surface area contributed by atoms with Gasteiger partial charge in [-0.25, -0.2) is 19.7 Å². The molecule has 40 heavy (non-hydrogen) atoms. The molecule has 3 aromatic rings. The van der Waals surface area contributed by atoms with Crippen molar-refractivity contribution in [3.63, 3.8) is 0 Å². The van der Waals surface area contributed by atoms with Gasteiger partial charge in [-0.1, -0.05) is 19.9 Å². The average molecular weight is 553 g/mol. The molecule has 3 aromatic heterocycles. The normalized spacial score (nSPS) is 12.1. The van der Waals surface area contributed by atoms with Gasteiger partial charge in [0.1, 0.15) is 23.4 Å². The topological polar surface area (TPSA) is 155 Å². The number of carbonyl (C=O) groups is 3. The van der Waals surface area contributed by atoms with E-state index in [1.165, 1.54) is 46.9 Å². The van der Waals surface area contributed by atoms with Gasteiger partial charge in [-0.15, -0.1) is 0 Å². The number of amides is 3. The highest BCUT2D eigenvalue weighted by molar-refractivity contribution is 5.95. The Bertz CT molecular complexity index is 1440. The van der Waals surface area contributed by atoms with Crippen LogP contribution < -0.4 is 10.9 Å². The number of aromatic nitrogens is 5. The highest BCUT2D eigenvalue weighted by Gasteiger charge is 2.24. The first kappa shape index (κ1) is 30.0. The minimum absolute atomic E-state index is 0.0214. The van der Waals surface area contributed by atoms with Crippen LogP contribution >= 0.6 is 0 Å². The lowest BCUT2D eigenvalue weighted by Gasteiger charge is -2.19. The van der Waals surface area contributed by atoms with Gasteiger partial charge in [-0.3, -0.25) is 14.4 Å². The maximum absolute atomic E-state index is 13.2. The molecule has 0 saturated carbocycles. The number of hydrogen-bond donors (Lipinski definition) is 2. The number of hydrogen-bond acceptors (Lipinski definition) is 8. The number of carbonyl (C=O) groups excluding carboxylic acids is 3. The number of rotatable bonds is 11. The molecule has 0 saturated heterocycles. The number of allylic oxidation sites excluding steroid dienone is 1. The number of pyridine rings is 1. The smallest absolute Gasteiger partial charge is 0.410 e. The zero-order chi connectivity index (χ0) is 29.4. The number of imidazole rings is 1. The molecule has 3 amide bonds. The van der Waals surface area contributed by atoms with Crippen molar-refractivity contribution in [3.05, 3.63) is 58.7 Å². The standard InChI is InChI=1S/C27H36N8O5/c1-17(2)14-19-23-24(29-16-28-19)32-21(31-23)15-35-13-9-10-18(26(35)38)30-25(37)20(40-27(39)34(5)6)11-7-8-12-22(36)33(3)4/h8-10,12-13,16-17,20H,7,11,14-15H2,1-6H3,(H,30,37)(H,28,29,31,32). The molecule has 214 valence electrons. The van der Waals surface area contributed by atoms with Crippen molar-refractivity contribution in [1.82, 2.24) is 34.3 Å². The lowest BCUT2D eigenvalue weighted by molar-refractivity contribution is -0.125. The fourth-order valence-electron chi connectivity index (χ4n) is 3.72. The van der Waals surface area contributed by atoms with E-state index in [0.717, 1.165) is 17.6 Å². The van der Waals surface area contributed by atoms with Gasteiger partial charge >= 0.3 is 6.09 Å². The number of fused-ring (bicyclic) bond motifs is 1. The molecule has 0 spiro atoms. The third-order valence-electron chi connectivity index (χ3n) is 5.81. The summed E-state index contributed by atoms with van der Waals surface area (Å²) in [7, 11) is 6.25. The molecule has 2 N–H and O–H groups in total. The molecule has 3 rings (SSSR count).